The summed E-state index contributed by atoms with van der Waals surface area (Å²) < 4.78 is 0. The van der Waals surface area contributed by atoms with Crippen LogP contribution in [0, 0.1) is 0 Å². The number of carbonyl (C=O) groups is 1. The van der Waals surface area contributed by atoms with E-state index < -0.39 is 0 Å². The molecule has 5 nitrogen and oxygen atoms in total. The molecule has 0 saturated heterocycles. The molecule has 1 aromatic rings. The molecule has 0 radical (unpaired) electrons. The molecule has 1 aliphatic carbocycles. The van der Waals surface area contributed by atoms with Crippen LogP contribution >= 0.6 is 0 Å². The molecule has 0 spiro atoms. The zero-order valence-corrected chi connectivity index (χ0v) is 13.1. The highest BCUT2D eigenvalue weighted by molar-refractivity contribution is 5.92. The number of nitrogens with one attached hydrogen (secondary N) is 2. The smallest absolute Gasteiger partial charge is 0.269 e. The monoisotopic (exact) mass is 290 g/mol. The molecule has 0 bridgehead atoms. The van der Waals surface area contributed by atoms with Crippen molar-refractivity contribution in [2.75, 3.05) is 32.5 Å². The Bertz CT molecular complexity index is 438. The van der Waals surface area contributed by atoms with Crippen LogP contribution in [0.25, 0.3) is 0 Å². The zero-order chi connectivity index (χ0) is 15.1. The Kier molecular flexibility index (Phi) is 5.99. The number of hydrogen-bond acceptors (Lipinski definition) is 4. The maximum atomic E-state index is 11.9. The fraction of sp³-hybridized carbons (Fsp3) is 0.625. The second-order valence-corrected chi connectivity index (χ2v) is 5.97. The molecule has 116 valence electrons. The summed E-state index contributed by atoms with van der Waals surface area (Å²) in [6.45, 7) is 1.46. The van der Waals surface area contributed by atoms with Crippen molar-refractivity contribution < 1.29 is 4.79 Å². The van der Waals surface area contributed by atoms with Crippen LogP contribution < -0.4 is 10.6 Å². The molecule has 1 aromatic heterocycles. The Morgan fingerprint density at radius 1 is 1.29 bits per heavy atom. The number of hydrogen-bond donors (Lipinski definition) is 2. The lowest BCUT2D eigenvalue weighted by molar-refractivity contribution is 0.0946. The van der Waals surface area contributed by atoms with Crippen molar-refractivity contribution in [1.29, 1.82) is 0 Å². The molecule has 0 aromatic carbocycles. The Labute approximate surface area is 127 Å². The molecular weight excluding hydrogens is 264 g/mol. The first-order chi connectivity index (χ1) is 10.1. The van der Waals surface area contributed by atoms with Gasteiger partial charge in [-0.05, 0) is 39.1 Å². The Balaban J connectivity index is 1.81. The van der Waals surface area contributed by atoms with E-state index in [4.69, 9.17) is 0 Å². The van der Waals surface area contributed by atoms with E-state index in [-0.39, 0.29) is 5.91 Å². The molecule has 1 amide bonds. The van der Waals surface area contributed by atoms with Gasteiger partial charge in [0, 0.05) is 19.1 Å². The molecule has 5 heteroatoms. The van der Waals surface area contributed by atoms with Gasteiger partial charge in [-0.15, -0.1) is 0 Å². The van der Waals surface area contributed by atoms with E-state index in [1.807, 2.05) is 25.1 Å². The average molecular weight is 290 g/mol. The fourth-order valence-electron chi connectivity index (χ4n) is 2.58. The van der Waals surface area contributed by atoms with Crippen LogP contribution in [0.4, 0.5) is 5.69 Å². The summed E-state index contributed by atoms with van der Waals surface area (Å²) in [6, 6.07) is 4.29. The molecule has 2 rings (SSSR count). The van der Waals surface area contributed by atoms with Crippen LogP contribution in [0.2, 0.25) is 0 Å². The lowest BCUT2D eigenvalue weighted by Crippen LogP contribution is -2.31. The minimum atomic E-state index is -0.110. The van der Waals surface area contributed by atoms with Crippen LogP contribution in [0.3, 0.4) is 0 Å². The summed E-state index contributed by atoms with van der Waals surface area (Å²) in [6.07, 6.45) is 8.17. The van der Waals surface area contributed by atoms with Gasteiger partial charge < -0.3 is 15.5 Å². The summed E-state index contributed by atoms with van der Waals surface area (Å²) in [5, 5.41) is 6.37. The van der Waals surface area contributed by atoms with E-state index in [0.29, 0.717) is 18.3 Å². The number of likely N-dealkylation sites (N-methyl/N-ethyl adjacent to an activating group) is 1. The quantitative estimate of drug-likeness (QED) is 0.842. The predicted molar refractivity (Wildman–Crippen MR) is 85.6 cm³/mol. The standard InChI is InChI=1S/C16H26N4O/c1-20(2)11-10-17-16(21)15-9-8-14(12-18-15)19-13-6-4-3-5-7-13/h8-9,12-13,19H,3-7,10-11H2,1-2H3,(H,17,21). The highest BCUT2D eigenvalue weighted by Crippen LogP contribution is 2.21. The normalized spacial score (nSPS) is 16.0. The zero-order valence-electron chi connectivity index (χ0n) is 13.1. The van der Waals surface area contributed by atoms with Crippen molar-refractivity contribution in [3.63, 3.8) is 0 Å². The van der Waals surface area contributed by atoms with Gasteiger partial charge >= 0.3 is 0 Å². The maximum absolute atomic E-state index is 11.9. The summed E-state index contributed by atoms with van der Waals surface area (Å²) in [5.41, 5.74) is 1.48. The topological polar surface area (TPSA) is 57.3 Å². The van der Waals surface area contributed by atoms with Crippen molar-refractivity contribution in [3.8, 4) is 0 Å². The number of pyridine rings is 1. The van der Waals surface area contributed by atoms with Crippen molar-refractivity contribution >= 4 is 11.6 Å². The van der Waals surface area contributed by atoms with Gasteiger partial charge in [-0.1, -0.05) is 19.3 Å². The first kappa shape index (κ1) is 15.8. The minimum Gasteiger partial charge on any atom is -0.381 e. The number of nitrogens with zero attached hydrogens (tertiary/aromatic N) is 2. The van der Waals surface area contributed by atoms with Crippen molar-refractivity contribution in [2.45, 2.75) is 38.1 Å². The largest absolute Gasteiger partial charge is 0.381 e. The number of anilines is 1. The van der Waals surface area contributed by atoms with E-state index >= 15 is 0 Å². The second kappa shape index (κ2) is 7.98. The molecule has 0 atom stereocenters. The Hall–Kier alpha value is -1.62. The lowest BCUT2D eigenvalue weighted by Gasteiger charge is -2.23. The highest BCUT2D eigenvalue weighted by atomic mass is 16.1. The molecule has 1 aliphatic rings. The first-order valence-corrected chi connectivity index (χ1v) is 7.80. The van der Waals surface area contributed by atoms with Gasteiger partial charge in [-0.25, -0.2) is 4.98 Å². The molecular formula is C16H26N4O. The SMILES string of the molecule is CN(C)CCNC(=O)c1ccc(NC2CCCCC2)cn1. The van der Waals surface area contributed by atoms with Crippen LogP contribution in [-0.4, -0.2) is 49.0 Å². The van der Waals surface area contributed by atoms with E-state index in [0.717, 1.165) is 12.2 Å². The van der Waals surface area contributed by atoms with Crippen LogP contribution in [0.15, 0.2) is 18.3 Å². The lowest BCUT2D eigenvalue weighted by atomic mass is 9.95. The van der Waals surface area contributed by atoms with Gasteiger partial charge in [0.1, 0.15) is 5.69 Å². The molecule has 1 saturated carbocycles. The summed E-state index contributed by atoms with van der Waals surface area (Å²) in [4.78, 5) is 18.2. The van der Waals surface area contributed by atoms with Gasteiger partial charge in [0.25, 0.3) is 5.91 Å². The van der Waals surface area contributed by atoms with E-state index in [1.54, 1.807) is 12.3 Å². The molecule has 21 heavy (non-hydrogen) atoms. The van der Waals surface area contributed by atoms with Crippen molar-refractivity contribution in [1.82, 2.24) is 15.2 Å². The Morgan fingerprint density at radius 3 is 2.67 bits per heavy atom. The second-order valence-electron chi connectivity index (χ2n) is 5.97. The van der Waals surface area contributed by atoms with Gasteiger partial charge in [-0.2, -0.15) is 0 Å². The molecule has 0 aliphatic heterocycles. The Morgan fingerprint density at radius 2 is 2.05 bits per heavy atom. The van der Waals surface area contributed by atoms with Gasteiger partial charge in [-0.3, -0.25) is 4.79 Å². The van der Waals surface area contributed by atoms with Gasteiger partial charge in [0.05, 0.1) is 11.9 Å². The number of amides is 1. The summed E-state index contributed by atoms with van der Waals surface area (Å²) >= 11 is 0. The van der Waals surface area contributed by atoms with Crippen LogP contribution in [-0.2, 0) is 0 Å². The molecule has 1 heterocycles. The van der Waals surface area contributed by atoms with Gasteiger partial charge in [0.2, 0.25) is 0 Å². The third kappa shape index (κ3) is 5.34. The van der Waals surface area contributed by atoms with Crippen LogP contribution in [0.1, 0.15) is 42.6 Å². The maximum Gasteiger partial charge on any atom is 0.269 e. The minimum absolute atomic E-state index is 0.110. The number of carbonyl (C=O) groups excluding carboxylic acids is 1. The summed E-state index contributed by atoms with van der Waals surface area (Å²) in [7, 11) is 3.96. The number of rotatable bonds is 6. The molecule has 1 fully saturated rings. The number of aromatic nitrogens is 1. The fourth-order valence-corrected chi connectivity index (χ4v) is 2.58. The van der Waals surface area contributed by atoms with E-state index in [1.165, 1.54) is 32.1 Å². The predicted octanol–water partition coefficient (Wildman–Crippen LogP) is 2.12. The highest BCUT2D eigenvalue weighted by Gasteiger charge is 2.13. The van der Waals surface area contributed by atoms with E-state index in [9.17, 15) is 4.79 Å². The van der Waals surface area contributed by atoms with Crippen LogP contribution in [0.5, 0.6) is 0 Å². The average Bonchev–Trinajstić information content (AvgIpc) is 2.48. The third-order valence-electron chi connectivity index (χ3n) is 3.82. The van der Waals surface area contributed by atoms with E-state index in [2.05, 4.69) is 15.6 Å². The third-order valence-corrected chi connectivity index (χ3v) is 3.82. The summed E-state index contributed by atoms with van der Waals surface area (Å²) in [5.74, 6) is -0.110. The van der Waals surface area contributed by atoms with Crippen molar-refractivity contribution in [2.24, 2.45) is 0 Å². The first-order valence-electron chi connectivity index (χ1n) is 7.80. The molecule has 0 unspecified atom stereocenters. The van der Waals surface area contributed by atoms with Gasteiger partial charge in [0.15, 0.2) is 0 Å². The van der Waals surface area contributed by atoms with Crippen molar-refractivity contribution in [3.05, 3.63) is 24.0 Å². The molecule has 2 N–H and O–H groups in total.